The lowest BCUT2D eigenvalue weighted by Crippen LogP contribution is -2.17. The van der Waals surface area contributed by atoms with Crippen LogP contribution in [0.5, 0.6) is 5.75 Å². The molecule has 1 unspecified atom stereocenters. The minimum absolute atomic E-state index is 0.164. The summed E-state index contributed by atoms with van der Waals surface area (Å²) >= 11 is 0. The van der Waals surface area contributed by atoms with E-state index in [1.165, 1.54) is 16.5 Å². The third-order valence-electron chi connectivity index (χ3n) is 3.66. The van der Waals surface area contributed by atoms with Gasteiger partial charge in [-0.05, 0) is 54.1 Å². The molecule has 0 radical (unpaired) electrons. The number of fused-ring (bicyclic) bond motifs is 1. The summed E-state index contributed by atoms with van der Waals surface area (Å²) in [4.78, 5) is 0. The second kappa shape index (κ2) is 5.62. The highest BCUT2D eigenvalue weighted by molar-refractivity contribution is 5.81. The van der Waals surface area contributed by atoms with Crippen LogP contribution in [-0.2, 0) is 13.0 Å². The zero-order chi connectivity index (χ0) is 14.8. The summed E-state index contributed by atoms with van der Waals surface area (Å²) in [5.74, 6) is 0.307. The van der Waals surface area contributed by atoms with Crippen LogP contribution in [0.15, 0.2) is 54.7 Å². The van der Waals surface area contributed by atoms with E-state index in [9.17, 15) is 5.11 Å². The summed E-state index contributed by atoms with van der Waals surface area (Å²) in [7, 11) is 0. The summed E-state index contributed by atoms with van der Waals surface area (Å²) < 4.78 is 2.20. The van der Waals surface area contributed by atoms with E-state index in [-0.39, 0.29) is 6.04 Å². The van der Waals surface area contributed by atoms with E-state index in [2.05, 4.69) is 35.0 Å². The second-order valence-corrected chi connectivity index (χ2v) is 5.69. The predicted octanol–water partition coefficient (Wildman–Crippen LogP) is 3.28. The molecular weight excluding hydrogens is 260 g/mol. The summed E-state index contributed by atoms with van der Waals surface area (Å²) in [6.45, 7) is 2.77. The first-order chi connectivity index (χ1) is 10.1. The van der Waals surface area contributed by atoms with Crippen LogP contribution >= 0.6 is 0 Å². The summed E-state index contributed by atoms with van der Waals surface area (Å²) in [5, 5.41) is 10.8. The number of phenolic OH excluding ortho intramolecular Hbond substituents is 1. The second-order valence-electron chi connectivity index (χ2n) is 5.69. The Balaban J connectivity index is 1.94. The van der Waals surface area contributed by atoms with Crippen LogP contribution in [0.4, 0.5) is 0 Å². The van der Waals surface area contributed by atoms with E-state index < -0.39 is 0 Å². The molecule has 0 bridgehead atoms. The Kier molecular flexibility index (Phi) is 3.67. The van der Waals surface area contributed by atoms with Gasteiger partial charge < -0.3 is 15.4 Å². The largest absolute Gasteiger partial charge is 0.508 e. The monoisotopic (exact) mass is 280 g/mol. The Morgan fingerprint density at radius 1 is 1.10 bits per heavy atom. The van der Waals surface area contributed by atoms with Gasteiger partial charge in [-0.25, -0.2) is 0 Å². The first kappa shape index (κ1) is 13.7. The van der Waals surface area contributed by atoms with E-state index in [1.54, 1.807) is 12.1 Å². The molecule has 0 fully saturated rings. The van der Waals surface area contributed by atoms with Crippen molar-refractivity contribution < 1.29 is 5.11 Å². The number of nitrogens with zero attached hydrogens (tertiary/aromatic N) is 1. The van der Waals surface area contributed by atoms with Crippen molar-refractivity contribution in [3.8, 4) is 5.75 Å². The molecule has 2 aromatic carbocycles. The van der Waals surface area contributed by atoms with Gasteiger partial charge in [-0.1, -0.05) is 24.3 Å². The van der Waals surface area contributed by atoms with E-state index in [1.807, 2.05) is 19.1 Å². The fourth-order valence-electron chi connectivity index (χ4n) is 2.72. The Bertz CT molecular complexity index is 759. The van der Waals surface area contributed by atoms with Crippen LogP contribution in [0, 0.1) is 0 Å². The Hall–Kier alpha value is -2.26. The Morgan fingerprint density at radius 2 is 1.95 bits per heavy atom. The number of phenols is 1. The third kappa shape index (κ3) is 3.09. The van der Waals surface area contributed by atoms with Crippen molar-refractivity contribution in [1.29, 1.82) is 0 Å². The van der Waals surface area contributed by atoms with E-state index in [0.717, 1.165) is 18.5 Å². The van der Waals surface area contributed by atoms with Gasteiger partial charge in [-0.15, -0.1) is 0 Å². The number of rotatable bonds is 4. The molecule has 0 spiro atoms. The van der Waals surface area contributed by atoms with Gasteiger partial charge in [-0.2, -0.15) is 0 Å². The van der Waals surface area contributed by atoms with Crippen LogP contribution in [0.3, 0.4) is 0 Å². The number of nitrogens with two attached hydrogens (primary N) is 1. The highest BCUT2D eigenvalue weighted by Crippen LogP contribution is 2.21. The molecule has 1 atom stereocenters. The maximum absolute atomic E-state index is 9.58. The lowest BCUT2D eigenvalue weighted by atomic mass is 10.1. The lowest BCUT2D eigenvalue weighted by molar-refractivity contribution is 0.474. The molecule has 0 aliphatic heterocycles. The molecule has 1 aromatic heterocycles. The van der Waals surface area contributed by atoms with Gasteiger partial charge in [0.1, 0.15) is 5.75 Å². The van der Waals surface area contributed by atoms with Crippen molar-refractivity contribution in [1.82, 2.24) is 4.57 Å². The molecule has 3 N–H and O–H groups in total. The molecule has 3 heteroatoms. The molecule has 0 saturated heterocycles. The van der Waals surface area contributed by atoms with Gasteiger partial charge in [0.15, 0.2) is 0 Å². The predicted molar refractivity (Wildman–Crippen MR) is 86.5 cm³/mol. The molecule has 0 aliphatic rings. The minimum Gasteiger partial charge on any atom is -0.508 e. The maximum Gasteiger partial charge on any atom is 0.115 e. The standard InChI is InChI=1S/C18H20N2O/c1-13(19)9-14-5-6-16-7-8-20(18(16)11-14)12-15-3-2-4-17(21)10-15/h2-8,10-11,13,21H,9,12,19H2,1H3. The van der Waals surface area contributed by atoms with Crippen molar-refractivity contribution in [2.45, 2.75) is 25.9 Å². The SMILES string of the molecule is CC(N)Cc1ccc2ccn(Cc3cccc(O)c3)c2c1. The molecule has 3 rings (SSSR count). The molecule has 3 nitrogen and oxygen atoms in total. The highest BCUT2D eigenvalue weighted by atomic mass is 16.3. The average molecular weight is 280 g/mol. The van der Waals surface area contributed by atoms with E-state index >= 15 is 0 Å². The summed E-state index contributed by atoms with van der Waals surface area (Å²) in [6.07, 6.45) is 2.97. The lowest BCUT2D eigenvalue weighted by Gasteiger charge is -2.09. The molecule has 0 aliphatic carbocycles. The van der Waals surface area contributed by atoms with Crippen molar-refractivity contribution in [3.63, 3.8) is 0 Å². The van der Waals surface area contributed by atoms with Crippen molar-refractivity contribution >= 4 is 10.9 Å². The number of aromatic nitrogens is 1. The smallest absolute Gasteiger partial charge is 0.115 e. The van der Waals surface area contributed by atoms with Crippen molar-refractivity contribution in [2.24, 2.45) is 5.73 Å². The zero-order valence-electron chi connectivity index (χ0n) is 12.2. The van der Waals surface area contributed by atoms with Gasteiger partial charge in [0.2, 0.25) is 0 Å². The molecule has 21 heavy (non-hydrogen) atoms. The summed E-state index contributed by atoms with van der Waals surface area (Å²) in [5.41, 5.74) is 9.44. The fourth-order valence-corrected chi connectivity index (χ4v) is 2.72. The maximum atomic E-state index is 9.58. The van der Waals surface area contributed by atoms with E-state index in [0.29, 0.717) is 5.75 Å². The van der Waals surface area contributed by atoms with Crippen LogP contribution in [0.1, 0.15) is 18.1 Å². The quantitative estimate of drug-likeness (QED) is 0.770. The number of aromatic hydroxyl groups is 1. The highest BCUT2D eigenvalue weighted by Gasteiger charge is 2.05. The third-order valence-corrected chi connectivity index (χ3v) is 3.66. The Morgan fingerprint density at radius 3 is 2.71 bits per heavy atom. The minimum atomic E-state index is 0.164. The normalized spacial score (nSPS) is 12.7. The number of hydrogen-bond acceptors (Lipinski definition) is 2. The van der Waals surface area contributed by atoms with E-state index in [4.69, 9.17) is 5.73 Å². The van der Waals surface area contributed by atoms with Gasteiger partial charge in [0, 0.05) is 24.3 Å². The van der Waals surface area contributed by atoms with Crippen LogP contribution in [-0.4, -0.2) is 15.7 Å². The van der Waals surface area contributed by atoms with Crippen LogP contribution in [0.25, 0.3) is 10.9 Å². The molecular formula is C18H20N2O. The molecule has 108 valence electrons. The first-order valence-electron chi connectivity index (χ1n) is 7.23. The number of hydrogen-bond donors (Lipinski definition) is 2. The van der Waals surface area contributed by atoms with Crippen LogP contribution < -0.4 is 5.73 Å². The van der Waals surface area contributed by atoms with Crippen molar-refractivity contribution in [3.05, 3.63) is 65.9 Å². The molecule has 0 amide bonds. The fraction of sp³-hybridized carbons (Fsp3) is 0.222. The van der Waals surface area contributed by atoms with Gasteiger partial charge >= 0.3 is 0 Å². The van der Waals surface area contributed by atoms with Gasteiger partial charge in [-0.3, -0.25) is 0 Å². The average Bonchev–Trinajstić information content (AvgIpc) is 2.81. The van der Waals surface area contributed by atoms with Gasteiger partial charge in [0.25, 0.3) is 0 Å². The first-order valence-corrected chi connectivity index (χ1v) is 7.23. The molecule has 3 aromatic rings. The topological polar surface area (TPSA) is 51.2 Å². The Labute approximate surface area is 124 Å². The van der Waals surface area contributed by atoms with Gasteiger partial charge in [0.05, 0.1) is 0 Å². The van der Waals surface area contributed by atoms with Crippen molar-refractivity contribution in [2.75, 3.05) is 0 Å². The zero-order valence-corrected chi connectivity index (χ0v) is 12.2. The van der Waals surface area contributed by atoms with Crippen LogP contribution in [0.2, 0.25) is 0 Å². The molecule has 1 heterocycles. The molecule has 0 saturated carbocycles. The summed E-state index contributed by atoms with van der Waals surface area (Å²) in [6, 6.07) is 16.2. The number of benzene rings is 2.